The molecule has 5 rings (SSSR count). The van der Waals surface area contributed by atoms with Gasteiger partial charge in [0, 0.05) is 43.4 Å². The van der Waals surface area contributed by atoms with E-state index in [9.17, 15) is 9.90 Å². The van der Waals surface area contributed by atoms with Gasteiger partial charge in [-0.2, -0.15) is 0 Å². The number of hydrogen-bond acceptors (Lipinski definition) is 4. The van der Waals surface area contributed by atoms with Crippen molar-refractivity contribution in [1.82, 2.24) is 9.80 Å². The smallest absolute Gasteiger partial charge is 0.231 e. The lowest BCUT2D eigenvalue weighted by molar-refractivity contribution is -0.141. The van der Waals surface area contributed by atoms with Crippen LogP contribution in [0.5, 0.6) is 5.75 Å². The Hall–Kier alpha value is -2.01. The van der Waals surface area contributed by atoms with Gasteiger partial charge in [0.25, 0.3) is 0 Å². The van der Waals surface area contributed by atoms with Crippen molar-refractivity contribution in [2.45, 2.75) is 44.1 Å². The number of methoxy groups -OCH3 is 1. The van der Waals surface area contributed by atoms with Gasteiger partial charge >= 0.3 is 0 Å². The molecule has 1 aromatic rings. The maximum atomic E-state index is 13.6. The Morgan fingerprint density at radius 1 is 1.26 bits per heavy atom. The lowest BCUT2D eigenvalue weighted by atomic mass is 9.91. The molecular formula is C22H28N2O3. The molecular weight excluding hydrogens is 340 g/mol. The molecule has 1 saturated heterocycles. The van der Waals surface area contributed by atoms with Gasteiger partial charge in [-0.25, -0.2) is 0 Å². The topological polar surface area (TPSA) is 53.0 Å². The molecule has 1 saturated carbocycles. The Kier molecular flexibility index (Phi) is 3.64. The van der Waals surface area contributed by atoms with Crippen LogP contribution in [0.15, 0.2) is 24.3 Å². The first kappa shape index (κ1) is 17.1. The van der Waals surface area contributed by atoms with Crippen LogP contribution in [-0.4, -0.2) is 59.7 Å². The number of likely N-dealkylation sites (tertiary alicyclic amines) is 1. The van der Waals surface area contributed by atoms with E-state index in [0.717, 1.165) is 31.7 Å². The highest BCUT2D eigenvalue weighted by Gasteiger charge is 2.64. The molecule has 3 heterocycles. The van der Waals surface area contributed by atoms with Gasteiger partial charge in [0.2, 0.25) is 5.91 Å². The zero-order valence-electron chi connectivity index (χ0n) is 16.2. The number of piperidine rings is 1. The first-order valence-corrected chi connectivity index (χ1v) is 10.1. The first-order chi connectivity index (χ1) is 12.9. The van der Waals surface area contributed by atoms with Gasteiger partial charge in [-0.15, -0.1) is 0 Å². The quantitative estimate of drug-likeness (QED) is 0.872. The van der Waals surface area contributed by atoms with Gasteiger partial charge in [-0.1, -0.05) is 6.08 Å². The maximum Gasteiger partial charge on any atom is 0.231 e. The van der Waals surface area contributed by atoms with Crippen LogP contribution in [0.3, 0.4) is 0 Å². The molecule has 1 aromatic carbocycles. The fourth-order valence-electron chi connectivity index (χ4n) is 5.28. The molecule has 27 heavy (non-hydrogen) atoms. The van der Waals surface area contributed by atoms with Crippen molar-refractivity contribution >= 4 is 11.6 Å². The van der Waals surface area contributed by atoms with Gasteiger partial charge < -0.3 is 19.6 Å². The van der Waals surface area contributed by atoms with Crippen molar-refractivity contribution in [1.29, 1.82) is 0 Å². The number of carbonyl (C=O) groups is 1. The summed E-state index contributed by atoms with van der Waals surface area (Å²) in [6.07, 6.45) is 5.61. The highest BCUT2D eigenvalue weighted by molar-refractivity contribution is 5.90. The number of carbonyl (C=O) groups excluding carboxylic acids is 1. The predicted molar refractivity (Wildman–Crippen MR) is 103 cm³/mol. The third kappa shape index (κ3) is 2.59. The Labute approximate surface area is 160 Å². The minimum Gasteiger partial charge on any atom is -0.497 e. The average Bonchev–Trinajstić information content (AvgIpc) is 3.23. The second-order valence-corrected chi connectivity index (χ2v) is 8.95. The van der Waals surface area contributed by atoms with Crippen molar-refractivity contribution in [2.24, 2.45) is 5.41 Å². The SMILES string of the molecule is COc1ccc2c(c1)C1CC1(C(=O)N1CCC(C)(O)CC1)CN1CCC=C21. The standard InChI is InChI=1S/C22H28N2O3/c1-21(26)7-10-23(11-8-21)20(25)22-13-18(22)17-12-15(27-2)5-6-16(17)19-4-3-9-24(19)14-22/h4-6,12,18,26H,3,7-11,13-14H2,1-2H3. The van der Waals surface area contributed by atoms with Crippen LogP contribution in [0.1, 0.15) is 49.7 Å². The molecule has 4 aliphatic rings. The zero-order valence-corrected chi connectivity index (χ0v) is 16.2. The zero-order chi connectivity index (χ0) is 18.8. The van der Waals surface area contributed by atoms with Crippen LogP contribution in [-0.2, 0) is 4.79 Å². The second-order valence-electron chi connectivity index (χ2n) is 8.95. The van der Waals surface area contributed by atoms with E-state index in [1.54, 1.807) is 7.11 Å². The summed E-state index contributed by atoms with van der Waals surface area (Å²) in [6.45, 7) is 5.01. The van der Waals surface area contributed by atoms with E-state index < -0.39 is 5.60 Å². The fourth-order valence-corrected chi connectivity index (χ4v) is 5.28. The molecule has 1 amide bonds. The van der Waals surface area contributed by atoms with Gasteiger partial charge in [0.15, 0.2) is 0 Å². The van der Waals surface area contributed by atoms with Crippen LogP contribution < -0.4 is 4.74 Å². The first-order valence-electron chi connectivity index (χ1n) is 10.1. The summed E-state index contributed by atoms with van der Waals surface area (Å²) in [5.74, 6) is 1.41. The van der Waals surface area contributed by atoms with E-state index >= 15 is 0 Å². The van der Waals surface area contributed by atoms with Crippen LogP contribution in [0.2, 0.25) is 0 Å². The fraction of sp³-hybridized carbons (Fsp3) is 0.591. The largest absolute Gasteiger partial charge is 0.497 e. The minimum atomic E-state index is -0.633. The van der Waals surface area contributed by atoms with E-state index in [-0.39, 0.29) is 17.2 Å². The summed E-state index contributed by atoms with van der Waals surface area (Å²) in [4.78, 5) is 18.0. The van der Waals surface area contributed by atoms with Gasteiger partial charge in [-0.05, 0) is 56.4 Å². The lowest BCUT2D eigenvalue weighted by Crippen LogP contribution is -2.49. The van der Waals surface area contributed by atoms with Crippen LogP contribution in [0.25, 0.3) is 5.70 Å². The molecule has 0 bridgehead atoms. The minimum absolute atomic E-state index is 0.268. The number of amides is 1. The van der Waals surface area contributed by atoms with Gasteiger partial charge in [0.05, 0.1) is 18.1 Å². The monoisotopic (exact) mass is 368 g/mol. The Balaban J connectivity index is 1.49. The van der Waals surface area contributed by atoms with Crippen LogP contribution in [0.4, 0.5) is 0 Å². The molecule has 2 atom stereocenters. The van der Waals surface area contributed by atoms with E-state index in [0.29, 0.717) is 25.9 Å². The molecule has 0 radical (unpaired) electrons. The van der Waals surface area contributed by atoms with Crippen LogP contribution >= 0.6 is 0 Å². The van der Waals surface area contributed by atoms with Crippen LogP contribution in [0, 0.1) is 5.41 Å². The third-order valence-electron chi connectivity index (χ3n) is 7.09. The number of ether oxygens (including phenoxy) is 1. The Morgan fingerprint density at radius 2 is 2.04 bits per heavy atom. The van der Waals surface area contributed by atoms with Gasteiger partial charge in [0.1, 0.15) is 5.75 Å². The van der Waals surface area contributed by atoms with E-state index in [2.05, 4.69) is 23.1 Å². The number of benzene rings is 1. The summed E-state index contributed by atoms with van der Waals surface area (Å²) < 4.78 is 5.48. The number of rotatable bonds is 2. The molecule has 2 fully saturated rings. The van der Waals surface area contributed by atoms with E-state index in [4.69, 9.17) is 4.74 Å². The van der Waals surface area contributed by atoms with E-state index in [1.165, 1.54) is 16.8 Å². The molecule has 1 aliphatic carbocycles. The van der Waals surface area contributed by atoms with E-state index in [1.807, 2.05) is 17.9 Å². The number of fused-ring (bicyclic) bond motifs is 5. The number of hydrogen-bond donors (Lipinski definition) is 1. The predicted octanol–water partition coefficient (Wildman–Crippen LogP) is 2.60. The van der Waals surface area contributed by atoms with Crippen molar-refractivity contribution in [2.75, 3.05) is 33.3 Å². The van der Waals surface area contributed by atoms with Crippen molar-refractivity contribution in [3.05, 3.63) is 35.4 Å². The summed E-state index contributed by atoms with van der Waals surface area (Å²) in [7, 11) is 1.70. The molecule has 0 aromatic heterocycles. The molecule has 2 unspecified atom stereocenters. The molecule has 5 nitrogen and oxygen atoms in total. The highest BCUT2D eigenvalue weighted by Crippen LogP contribution is 2.64. The molecule has 144 valence electrons. The van der Waals surface area contributed by atoms with Crippen molar-refractivity contribution in [3.63, 3.8) is 0 Å². The Bertz CT molecular complexity index is 821. The molecule has 3 aliphatic heterocycles. The molecule has 0 spiro atoms. The maximum absolute atomic E-state index is 13.6. The second kappa shape index (κ2) is 5.74. The Morgan fingerprint density at radius 3 is 2.78 bits per heavy atom. The highest BCUT2D eigenvalue weighted by atomic mass is 16.5. The number of nitrogens with zero attached hydrogens (tertiary/aromatic N) is 2. The summed E-state index contributed by atoms with van der Waals surface area (Å²) in [5.41, 5.74) is 2.87. The summed E-state index contributed by atoms with van der Waals surface area (Å²) in [5, 5.41) is 10.2. The summed E-state index contributed by atoms with van der Waals surface area (Å²) >= 11 is 0. The van der Waals surface area contributed by atoms with Gasteiger partial charge in [-0.3, -0.25) is 4.79 Å². The number of aliphatic hydroxyl groups is 1. The van der Waals surface area contributed by atoms with Crippen molar-refractivity contribution in [3.8, 4) is 5.75 Å². The lowest BCUT2D eigenvalue weighted by Gasteiger charge is -2.38. The summed E-state index contributed by atoms with van der Waals surface area (Å²) in [6, 6.07) is 6.33. The molecule has 5 heteroatoms. The van der Waals surface area contributed by atoms with Crippen molar-refractivity contribution < 1.29 is 14.6 Å². The molecule has 1 N–H and O–H groups in total. The normalized spacial score (nSPS) is 30.6. The average molecular weight is 368 g/mol. The third-order valence-corrected chi connectivity index (χ3v) is 7.09.